The highest BCUT2D eigenvalue weighted by Crippen LogP contribution is 2.27. The third-order valence-corrected chi connectivity index (χ3v) is 5.24. The summed E-state index contributed by atoms with van der Waals surface area (Å²) in [5.41, 5.74) is 2.18. The van der Waals surface area contributed by atoms with Gasteiger partial charge in [-0.2, -0.15) is 0 Å². The molecule has 1 aliphatic heterocycles. The zero-order valence-electron chi connectivity index (χ0n) is 17.0. The number of nitrogens with one attached hydrogen (secondary N) is 1. The minimum atomic E-state index is -0.292. The lowest BCUT2D eigenvalue weighted by atomic mass is 10.1. The third kappa shape index (κ3) is 5.50. The molecule has 0 aliphatic carbocycles. The Kier molecular flexibility index (Phi) is 7.11. The van der Waals surface area contributed by atoms with E-state index in [-0.39, 0.29) is 24.2 Å². The van der Waals surface area contributed by atoms with E-state index in [1.54, 1.807) is 14.2 Å². The van der Waals surface area contributed by atoms with E-state index in [0.717, 1.165) is 18.4 Å². The molecule has 3 rings (SSSR count). The Morgan fingerprint density at radius 3 is 2.55 bits per heavy atom. The van der Waals surface area contributed by atoms with Crippen molar-refractivity contribution in [2.24, 2.45) is 5.92 Å². The van der Waals surface area contributed by atoms with Crippen LogP contribution in [-0.4, -0.2) is 44.0 Å². The van der Waals surface area contributed by atoms with Crippen molar-refractivity contribution < 1.29 is 19.1 Å². The molecule has 1 saturated heterocycles. The molecule has 0 aromatic heterocycles. The molecule has 29 heavy (non-hydrogen) atoms. The maximum atomic E-state index is 12.5. The van der Waals surface area contributed by atoms with Gasteiger partial charge in [0.2, 0.25) is 11.8 Å². The van der Waals surface area contributed by atoms with Gasteiger partial charge in [-0.15, -0.1) is 0 Å². The topological polar surface area (TPSA) is 67.9 Å². The molecule has 0 spiro atoms. The standard InChI is InChI=1S/C23H28N2O4/c1-28-20-11-10-18(13-21(20)29-2)15-24-23(27)19-14-22(26)25(16-19)12-6-9-17-7-4-3-5-8-17/h3-5,7-8,10-11,13,19H,6,9,12,14-16H2,1-2H3,(H,24,27). The first-order chi connectivity index (χ1) is 14.1. The zero-order valence-corrected chi connectivity index (χ0v) is 17.0. The second kappa shape index (κ2) is 9.96. The summed E-state index contributed by atoms with van der Waals surface area (Å²) < 4.78 is 10.5. The second-order valence-electron chi connectivity index (χ2n) is 7.24. The van der Waals surface area contributed by atoms with Crippen molar-refractivity contribution in [3.8, 4) is 11.5 Å². The Bertz CT molecular complexity index is 838. The molecule has 1 atom stereocenters. The smallest absolute Gasteiger partial charge is 0.225 e. The van der Waals surface area contributed by atoms with E-state index in [4.69, 9.17) is 9.47 Å². The number of carbonyl (C=O) groups excluding carboxylic acids is 2. The van der Waals surface area contributed by atoms with Crippen LogP contribution < -0.4 is 14.8 Å². The highest BCUT2D eigenvalue weighted by atomic mass is 16.5. The average molecular weight is 396 g/mol. The first-order valence-electron chi connectivity index (χ1n) is 9.91. The summed E-state index contributed by atoms with van der Waals surface area (Å²) in [5, 5.41) is 2.94. The molecule has 0 saturated carbocycles. The van der Waals surface area contributed by atoms with Crippen LogP contribution in [0, 0.1) is 5.92 Å². The minimum absolute atomic E-state index is 0.0596. The van der Waals surface area contributed by atoms with E-state index in [1.165, 1.54) is 5.56 Å². The normalized spacial score (nSPS) is 16.0. The van der Waals surface area contributed by atoms with Gasteiger partial charge < -0.3 is 19.7 Å². The van der Waals surface area contributed by atoms with Gasteiger partial charge in [-0.3, -0.25) is 9.59 Å². The van der Waals surface area contributed by atoms with Crippen molar-refractivity contribution in [2.45, 2.75) is 25.8 Å². The fraction of sp³-hybridized carbons (Fsp3) is 0.391. The molecule has 154 valence electrons. The molecule has 6 heteroatoms. The van der Waals surface area contributed by atoms with E-state index in [2.05, 4.69) is 17.4 Å². The van der Waals surface area contributed by atoms with Gasteiger partial charge in [0, 0.05) is 26.1 Å². The van der Waals surface area contributed by atoms with Crippen molar-refractivity contribution in [2.75, 3.05) is 27.3 Å². The number of nitrogens with zero attached hydrogens (tertiary/aromatic N) is 1. The van der Waals surface area contributed by atoms with Crippen molar-refractivity contribution >= 4 is 11.8 Å². The summed E-state index contributed by atoms with van der Waals surface area (Å²) in [5.74, 6) is 0.956. The Labute approximate surface area is 171 Å². The van der Waals surface area contributed by atoms with Crippen molar-refractivity contribution in [1.82, 2.24) is 10.2 Å². The molecule has 1 fully saturated rings. The van der Waals surface area contributed by atoms with Crippen LogP contribution in [0.5, 0.6) is 11.5 Å². The van der Waals surface area contributed by atoms with Crippen LogP contribution in [0.2, 0.25) is 0 Å². The van der Waals surface area contributed by atoms with Crippen molar-refractivity contribution in [3.05, 3.63) is 59.7 Å². The Morgan fingerprint density at radius 2 is 1.83 bits per heavy atom. The van der Waals surface area contributed by atoms with E-state index in [1.807, 2.05) is 41.3 Å². The number of hydrogen-bond acceptors (Lipinski definition) is 4. The summed E-state index contributed by atoms with van der Waals surface area (Å²) in [7, 11) is 3.17. The van der Waals surface area contributed by atoms with Gasteiger partial charge >= 0.3 is 0 Å². The van der Waals surface area contributed by atoms with Crippen molar-refractivity contribution in [3.63, 3.8) is 0 Å². The number of amides is 2. The van der Waals surface area contributed by atoms with E-state index >= 15 is 0 Å². The quantitative estimate of drug-likeness (QED) is 0.708. The van der Waals surface area contributed by atoms with Gasteiger partial charge in [0.15, 0.2) is 11.5 Å². The van der Waals surface area contributed by atoms with Gasteiger partial charge in [0.1, 0.15) is 0 Å². The van der Waals surface area contributed by atoms with Gasteiger partial charge in [0.05, 0.1) is 20.1 Å². The third-order valence-electron chi connectivity index (χ3n) is 5.24. The average Bonchev–Trinajstić information content (AvgIpc) is 3.13. The lowest BCUT2D eigenvalue weighted by molar-refractivity contribution is -0.129. The molecular formula is C23H28N2O4. The lowest BCUT2D eigenvalue weighted by Crippen LogP contribution is -2.33. The summed E-state index contributed by atoms with van der Waals surface area (Å²) >= 11 is 0. The predicted molar refractivity (Wildman–Crippen MR) is 111 cm³/mol. The predicted octanol–water partition coefficient (Wildman–Crippen LogP) is 2.80. The molecule has 1 N–H and O–H groups in total. The van der Waals surface area contributed by atoms with Crippen molar-refractivity contribution in [1.29, 1.82) is 0 Å². The van der Waals surface area contributed by atoms with Crippen LogP contribution in [0.15, 0.2) is 48.5 Å². The van der Waals surface area contributed by atoms with E-state index in [9.17, 15) is 9.59 Å². The molecule has 1 unspecified atom stereocenters. The Balaban J connectivity index is 1.46. The number of hydrogen-bond donors (Lipinski definition) is 1. The first kappa shape index (κ1) is 20.7. The number of methoxy groups -OCH3 is 2. The number of ether oxygens (including phenoxy) is 2. The number of rotatable bonds is 9. The van der Waals surface area contributed by atoms with Gasteiger partial charge in [0.25, 0.3) is 0 Å². The molecule has 2 amide bonds. The number of carbonyl (C=O) groups is 2. The number of aryl methyl sites for hydroxylation is 1. The molecule has 2 aromatic rings. The molecule has 1 heterocycles. The van der Waals surface area contributed by atoms with Gasteiger partial charge in [-0.05, 0) is 36.1 Å². The monoisotopic (exact) mass is 396 g/mol. The van der Waals surface area contributed by atoms with Crippen LogP contribution >= 0.6 is 0 Å². The van der Waals surface area contributed by atoms with E-state index < -0.39 is 0 Å². The molecule has 2 aromatic carbocycles. The molecule has 6 nitrogen and oxygen atoms in total. The van der Waals surface area contributed by atoms with Crippen LogP contribution in [0.3, 0.4) is 0 Å². The second-order valence-corrected chi connectivity index (χ2v) is 7.24. The fourth-order valence-corrected chi connectivity index (χ4v) is 3.61. The minimum Gasteiger partial charge on any atom is -0.493 e. The molecule has 0 bridgehead atoms. The summed E-state index contributed by atoms with van der Waals surface area (Å²) in [6.45, 7) is 1.57. The first-order valence-corrected chi connectivity index (χ1v) is 9.91. The Hall–Kier alpha value is -3.02. The zero-order chi connectivity index (χ0) is 20.6. The molecule has 0 radical (unpaired) electrons. The van der Waals surface area contributed by atoms with Crippen LogP contribution in [0.4, 0.5) is 0 Å². The molecule has 1 aliphatic rings. The summed E-state index contributed by atoms with van der Waals surface area (Å²) in [6.07, 6.45) is 2.11. The fourth-order valence-electron chi connectivity index (χ4n) is 3.61. The van der Waals surface area contributed by atoms with Gasteiger partial charge in [-0.25, -0.2) is 0 Å². The highest BCUT2D eigenvalue weighted by Gasteiger charge is 2.33. The van der Waals surface area contributed by atoms with Crippen LogP contribution in [0.1, 0.15) is 24.0 Å². The largest absolute Gasteiger partial charge is 0.493 e. The number of benzene rings is 2. The van der Waals surface area contributed by atoms with Gasteiger partial charge in [-0.1, -0.05) is 36.4 Å². The number of likely N-dealkylation sites (tertiary alicyclic amines) is 1. The highest BCUT2D eigenvalue weighted by molar-refractivity contribution is 5.89. The van der Waals surface area contributed by atoms with E-state index in [0.29, 0.717) is 31.1 Å². The lowest BCUT2D eigenvalue weighted by Gasteiger charge is -2.16. The maximum Gasteiger partial charge on any atom is 0.225 e. The SMILES string of the molecule is COc1ccc(CNC(=O)C2CC(=O)N(CCCc3ccccc3)C2)cc1OC. The maximum absolute atomic E-state index is 12.5. The Morgan fingerprint density at radius 1 is 1.07 bits per heavy atom. The van der Waals surface area contributed by atoms with Crippen LogP contribution in [-0.2, 0) is 22.6 Å². The van der Waals surface area contributed by atoms with Crippen LogP contribution in [0.25, 0.3) is 0 Å². The summed E-state index contributed by atoms with van der Waals surface area (Å²) in [4.78, 5) is 26.6. The molecular weight excluding hydrogens is 368 g/mol. The summed E-state index contributed by atoms with van der Waals surface area (Å²) in [6, 6.07) is 15.8.